The van der Waals surface area contributed by atoms with Gasteiger partial charge in [0.05, 0.1) is 26.5 Å². The molecule has 1 fully saturated rings. The van der Waals surface area contributed by atoms with Crippen molar-refractivity contribution in [1.82, 2.24) is 5.01 Å². The number of carbonyl (C=O) groups excluding carboxylic acids is 1. The molecule has 1 aliphatic heterocycles. The quantitative estimate of drug-likeness (QED) is 0.833. The predicted molar refractivity (Wildman–Crippen MR) is 110 cm³/mol. The first-order chi connectivity index (χ1) is 14.1. The van der Waals surface area contributed by atoms with Crippen LogP contribution in [0.15, 0.2) is 47.6 Å². The summed E-state index contributed by atoms with van der Waals surface area (Å²) in [4.78, 5) is 13.2. The van der Waals surface area contributed by atoms with Crippen molar-refractivity contribution in [3.63, 3.8) is 0 Å². The maximum absolute atomic E-state index is 13.2. The molecule has 2 unspecified atom stereocenters. The van der Waals surface area contributed by atoms with Crippen LogP contribution in [-0.2, 0) is 11.3 Å². The Bertz CT molecular complexity index is 940. The highest BCUT2D eigenvalue weighted by atomic mass is 16.5. The van der Waals surface area contributed by atoms with Crippen LogP contribution in [0.2, 0.25) is 0 Å². The number of para-hydroxylation sites is 1. The maximum atomic E-state index is 13.2. The summed E-state index contributed by atoms with van der Waals surface area (Å²) in [5.41, 5.74) is 2.53. The molecule has 4 rings (SSSR count). The van der Waals surface area contributed by atoms with E-state index in [2.05, 4.69) is 0 Å². The number of benzene rings is 2. The fourth-order valence-electron chi connectivity index (χ4n) is 4.39. The van der Waals surface area contributed by atoms with Crippen LogP contribution >= 0.6 is 0 Å². The number of ether oxygens (including phenoxy) is 2. The van der Waals surface area contributed by atoms with E-state index in [-0.39, 0.29) is 30.0 Å². The smallest absolute Gasteiger partial charge is 0.246 e. The Labute approximate surface area is 170 Å². The van der Waals surface area contributed by atoms with Crippen LogP contribution in [0.1, 0.15) is 36.8 Å². The van der Waals surface area contributed by atoms with Crippen molar-refractivity contribution < 1.29 is 19.4 Å². The zero-order chi connectivity index (χ0) is 20.4. The van der Waals surface area contributed by atoms with E-state index < -0.39 is 0 Å². The molecule has 6 nitrogen and oxygen atoms in total. The highest BCUT2D eigenvalue weighted by molar-refractivity contribution is 6.07. The highest BCUT2D eigenvalue weighted by Crippen LogP contribution is 2.39. The number of aromatic hydroxyl groups is 1. The van der Waals surface area contributed by atoms with Crippen LogP contribution in [0.4, 0.5) is 0 Å². The fourth-order valence-corrected chi connectivity index (χ4v) is 4.39. The van der Waals surface area contributed by atoms with Crippen molar-refractivity contribution in [3.05, 3.63) is 53.6 Å². The van der Waals surface area contributed by atoms with Gasteiger partial charge in [0, 0.05) is 23.0 Å². The molecule has 152 valence electrons. The molecule has 0 aromatic heterocycles. The molecule has 0 bridgehead atoms. The maximum Gasteiger partial charge on any atom is 0.246 e. The topological polar surface area (TPSA) is 71.4 Å². The van der Waals surface area contributed by atoms with Crippen LogP contribution in [0.5, 0.6) is 17.2 Å². The van der Waals surface area contributed by atoms with E-state index in [0.717, 1.165) is 37.0 Å². The van der Waals surface area contributed by atoms with Gasteiger partial charge in [0.25, 0.3) is 0 Å². The number of nitrogens with zero attached hydrogens (tertiary/aromatic N) is 2. The average Bonchev–Trinajstić information content (AvgIpc) is 2.76. The molecule has 1 amide bonds. The third kappa shape index (κ3) is 3.67. The van der Waals surface area contributed by atoms with Gasteiger partial charge in [-0.2, -0.15) is 5.10 Å². The number of amides is 1. The van der Waals surface area contributed by atoms with E-state index in [1.165, 1.54) is 5.01 Å². The summed E-state index contributed by atoms with van der Waals surface area (Å²) in [5.74, 6) is 1.56. The van der Waals surface area contributed by atoms with Crippen LogP contribution in [-0.4, -0.2) is 36.0 Å². The van der Waals surface area contributed by atoms with Gasteiger partial charge in [-0.1, -0.05) is 31.0 Å². The van der Waals surface area contributed by atoms with Crippen molar-refractivity contribution in [2.75, 3.05) is 14.2 Å². The zero-order valence-electron chi connectivity index (χ0n) is 16.8. The van der Waals surface area contributed by atoms with E-state index in [1.54, 1.807) is 26.4 Å². The van der Waals surface area contributed by atoms with Crippen molar-refractivity contribution in [2.45, 2.75) is 32.2 Å². The molecule has 2 aliphatic rings. The van der Waals surface area contributed by atoms with Crippen LogP contribution in [0.3, 0.4) is 0 Å². The third-order valence-electron chi connectivity index (χ3n) is 5.91. The first-order valence-electron chi connectivity index (χ1n) is 10.0. The lowest BCUT2D eigenvalue weighted by atomic mass is 9.73. The lowest BCUT2D eigenvalue weighted by Crippen LogP contribution is -2.45. The normalized spacial score (nSPS) is 21.4. The second kappa shape index (κ2) is 8.15. The molecule has 2 aromatic carbocycles. The largest absolute Gasteiger partial charge is 0.508 e. The molecule has 1 aliphatic carbocycles. The molecule has 0 saturated heterocycles. The lowest BCUT2D eigenvalue weighted by molar-refractivity contribution is -0.139. The Morgan fingerprint density at radius 2 is 1.76 bits per heavy atom. The minimum absolute atomic E-state index is 0.0437. The Hall–Kier alpha value is -3.02. The van der Waals surface area contributed by atoms with E-state index in [1.807, 2.05) is 30.3 Å². The van der Waals surface area contributed by atoms with Crippen molar-refractivity contribution in [3.8, 4) is 17.2 Å². The van der Waals surface area contributed by atoms with Gasteiger partial charge in [-0.25, -0.2) is 5.01 Å². The number of carbonyl (C=O) groups is 1. The van der Waals surface area contributed by atoms with Gasteiger partial charge in [0.15, 0.2) is 11.5 Å². The van der Waals surface area contributed by atoms with Crippen LogP contribution in [0, 0.1) is 11.8 Å². The second-order valence-corrected chi connectivity index (χ2v) is 7.58. The molecule has 0 radical (unpaired) electrons. The van der Waals surface area contributed by atoms with Gasteiger partial charge in [0.2, 0.25) is 5.91 Å². The Kier molecular flexibility index (Phi) is 5.43. The Morgan fingerprint density at radius 1 is 1.03 bits per heavy atom. The molecule has 0 spiro atoms. The summed E-state index contributed by atoms with van der Waals surface area (Å²) < 4.78 is 10.8. The Morgan fingerprint density at radius 3 is 2.48 bits per heavy atom. The van der Waals surface area contributed by atoms with E-state index in [4.69, 9.17) is 14.6 Å². The summed E-state index contributed by atoms with van der Waals surface area (Å²) in [6.45, 7) is 0.255. The number of hydrogen-bond acceptors (Lipinski definition) is 5. The first-order valence-corrected chi connectivity index (χ1v) is 10.0. The number of phenols is 1. The average molecular weight is 394 g/mol. The SMILES string of the molecule is COc1ccc(C2=NN(Cc3ccccc3O)C(=O)C3CCCCC23)cc1OC. The lowest BCUT2D eigenvalue weighted by Gasteiger charge is -2.38. The number of hydrazone groups is 1. The van der Waals surface area contributed by atoms with Crippen molar-refractivity contribution >= 4 is 11.6 Å². The molecule has 1 N–H and O–H groups in total. The minimum Gasteiger partial charge on any atom is -0.508 e. The summed E-state index contributed by atoms with van der Waals surface area (Å²) in [7, 11) is 3.22. The summed E-state index contributed by atoms with van der Waals surface area (Å²) >= 11 is 0. The number of phenolic OH excluding ortho intramolecular Hbond substituents is 1. The molecular formula is C23H26N2O4. The molecule has 6 heteroatoms. The van der Waals surface area contributed by atoms with Gasteiger partial charge in [-0.15, -0.1) is 0 Å². The highest BCUT2D eigenvalue weighted by Gasteiger charge is 2.41. The van der Waals surface area contributed by atoms with E-state index in [0.29, 0.717) is 17.1 Å². The van der Waals surface area contributed by atoms with Gasteiger partial charge in [-0.05, 0) is 37.1 Å². The van der Waals surface area contributed by atoms with E-state index >= 15 is 0 Å². The molecule has 29 heavy (non-hydrogen) atoms. The second-order valence-electron chi connectivity index (χ2n) is 7.58. The summed E-state index contributed by atoms with van der Waals surface area (Å²) in [5, 5.41) is 16.5. The third-order valence-corrected chi connectivity index (χ3v) is 5.91. The Balaban J connectivity index is 1.75. The van der Waals surface area contributed by atoms with Crippen LogP contribution < -0.4 is 9.47 Å². The summed E-state index contributed by atoms with van der Waals surface area (Å²) in [6, 6.07) is 12.8. The van der Waals surface area contributed by atoms with Crippen LogP contribution in [0.25, 0.3) is 0 Å². The molecule has 2 atom stereocenters. The van der Waals surface area contributed by atoms with Gasteiger partial charge in [-0.3, -0.25) is 4.79 Å². The molecule has 2 aromatic rings. The number of rotatable bonds is 5. The molecular weight excluding hydrogens is 368 g/mol. The zero-order valence-corrected chi connectivity index (χ0v) is 16.8. The summed E-state index contributed by atoms with van der Waals surface area (Å²) in [6.07, 6.45) is 3.97. The van der Waals surface area contributed by atoms with Gasteiger partial charge >= 0.3 is 0 Å². The molecule has 1 saturated carbocycles. The first kappa shape index (κ1) is 19.3. The monoisotopic (exact) mass is 394 g/mol. The predicted octanol–water partition coefficient (Wildman–Crippen LogP) is 3.96. The standard InChI is InChI=1S/C23H26N2O4/c1-28-20-12-11-15(13-21(20)29-2)22-17-8-4-5-9-18(17)23(27)25(24-22)14-16-7-3-6-10-19(16)26/h3,6-7,10-13,17-18,26H,4-5,8-9,14H2,1-2H3. The van der Waals surface area contributed by atoms with Crippen molar-refractivity contribution in [1.29, 1.82) is 0 Å². The number of hydrogen-bond donors (Lipinski definition) is 1. The van der Waals surface area contributed by atoms with Gasteiger partial charge < -0.3 is 14.6 Å². The number of methoxy groups -OCH3 is 2. The minimum atomic E-state index is -0.0739. The van der Waals surface area contributed by atoms with Gasteiger partial charge in [0.1, 0.15) is 5.75 Å². The van der Waals surface area contributed by atoms with E-state index in [9.17, 15) is 9.90 Å². The van der Waals surface area contributed by atoms with Crippen molar-refractivity contribution in [2.24, 2.45) is 16.9 Å². The molecule has 1 heterocycles. The fraction of sp³-hybridized carbons (Fsp3) is 0.391. The number of fused-ring (bicyclic) bond motifs is 1.